The number of fused-ring (bicyclic) bond motifs is 2. The number of carbonyl (C=O) groups is 2. The van der Waals surface area contributed by atoms with Crippen LogP contribution >= 0.6 is 0 Å². The fourth-order valence-corrected chi connectivity index (χ4v) is 4.53. The highest BCUT2D eigenvalue weighted by molar-refractivity contribution is 6.02. The predicted molar refractivity (Wildman–Crippen MR) is 141 cm³/mol. The van der Waals surface area contributed by atoms with E-state index in [4.69, 9.17) is 9.84 Å². The molecule has 0 saturated heterocycles. The second-order valence-electron chi connectivity index (χ2n) is 8.60. The molecule has 1 aliphatic rings. The molecule has 1 amide bonds. The number of aliphatic carboxylic acids is 1. The molecule has 3 aromatic carbocycles. The van der Waals surface area contributed by atoms with Gasteiger partial charge in [-0.2, -0.15) is 5.10 Å². The molecule has 0 atom stereocenters. The number of aromatic nitrogens is 2. The van der Waals surface area contributed by atoms with E-state index < -0.39 is 5.97 Å². The van der Waals surface area contributed by atoms with Crippen molar-refractivity contribution in [2.75, 3.05) is 18.6 Å². The molecule has 0 saturated carbocycles. The second kappa shape index (κ2) is 9.54. The summed E-state index contributed by atoms with van der Waals surface area (Å²) >= 11 is 0. The van der Waals surface area contributed by atoms with E-state index in [1.165, 1.54) is 0 Å². The molecule has 4 aromatic rings. The predicted octanol–water partition coefficient (Wildman–Crippen LogP) is 5.39. The first-order chi connectivity index (χ1) is 17.4. The number of amides is 1. The SMILES string of the molecule is CCC(=C(c1ccc(C=CC(=O)O)cc1)c1ccc2[nH]ncc2c1)c1ccc2c(c1)N(C)C(=O)CO2. The van der Waals surface area contributed by atoms with Crippen LogP contribution in [-0.2, 0) is 9.59 Å². The number of hydrogen-bond acceptors (Lipinski definition) is 4. The van der Waals surface area contributed by atoms with Gasteiger partial charge in [-0.15, -0.1) is 0 Å². The molecule has 36 heavy (non-hydrogen) atoms. The van der Waals surface area contributed by atoms with Crippen LogP contribution in [0, 0.1) is 0 Å². The zero-order valence-corrected chi connectivity index (χ0v) is 20.0. The summed E-state index contributed by atoms with van der Waals surface area (Å²) in [6.45, 7) is 2.15. The Labute approximate surface area is 208 Å². The summed E-state index contributed by atoms with van der Waals surface area (Å²) < 4.78 is 5.63. The van der Waals surface area contributed by atoms with Gasteiger partial charge in [0.15, 0.2) is 6.61 Å². The number of nitrogens with one attached hydrogen (secondary N) is 1. The van der Waals surface area contributed by atoms with Crippen molar-refractivity contribution in [3.63, 3.8) is 0 Å². The Kier molecular flexibility index (Phi) is 6.12. The van der Waals surface area contributed by atoms with Crippen molar-refractivity contribution in [1.82, 2.24) is 10.2 Å². The van der Waals surface area contributed by atoms with Crippen LogP contribution in [0.25, 0.3) is 28.1 Å². The number of carboxylic acids is 1. The van der Waals surface area contributed by atoms with Crippen molar-refractivity contribution in [3.8, 4) is 5.75 Å². The zero-order chi connectivity index (χ0) is 25.2. The number of rotatable bonds is 6. The van der Waals surface area contributed by atoms with Crippen LogP contribution in [-0.4, -0.2) is 40.8 Å². The Morgan fingerprint density at radius 1 is 1.08 bits per heavy atom. The van der Waals surface area contributed by atoms with Gasteiger partial charge < -0.3 is 14.7 Å². The molecule has 7 nitrogen and oxygen atoms in total. The highest BCUT2D eigenvalue weighted by Crippen LogP contribution is 2.39. The van der Waals surface area contributed by atoms with Crippen molar-refractivity contribution >= 4 is 45.7 Å². The van der Waals surface area contributed by atoms with Gasteiger partial charge in [0.1, 0.15) is 5.75 Å². The summed E-state index contributed by atoms with van der Waals surface area (Å²) in [4.78, 5) is 24.8. The Morgan fingerprint density at radius 2 is 1.83 bits per heavy atom. The Hall–Kier alpha value is -4.65. The summed E-state index contributed by atoms with van der Waals surface area (Å²) in [6.07, 6.45) is 5.25. The van der Waals surface area contributed by atoms with Crippen molar-refractivity contribution in [2.45, 2.75) is 13.3 Å². The van der Waals surface area contributed by atoms with E-state index >= 15 is 0 Å². The molecule has 0 bridgehead atoms. The fourth-order valence-electron chi connectivity index (χ4n) is 4.53. The lowest BCUT2D eigenvalue weighted by atomic mass is 9.87. The minimum atomic E-state index is -0.985. The van der Waals surface area contributed by atoms with Crippen LogP contribution in [0.1, 0.15) is 35.6 Å². The summed E-state index contributed by atoms with van der Waals surface area (Å²) in [5, 5.41) is 17.1. The summed E-state index contributed by atoms with van der Waals surface area (Å²) in [5.74, 6) is -0.384. The number of anilines is 1. The molecule has 0 aliphatic carbocycles. The highest BCUT2D eigenvalue weighted by atomic mass is 16.5. The first kappa shape index (κ1) is 23.1. The Bertz CT molecular complexity index is 1530. The third-order valence-corrected chi connectivity index (χ3v) is 6.40. The van der Waals surface area contributed by atoms with E-state index in [1.54, 1.807) is 24.2 Å². The molecule has 1 aliphatic heterocycles. The number of carboxylic acid groups (broad SMARTS) is 1. The first-order valence-electron chi connectivity index (χ1n) is 11.7. The minimum absolute atomic E-state index is 0.0396. The van der Waals surface area contributed by atoms with Crippen LogP contribution < -0.4 is 9.64 Å². The van der Waals surface area contributed by atoms with Crippen LogP contribution in [0.3, 0.4) is 0 Å². The van der Waals surface area contributed by atoms with Crippen LogP contribution in [0.15, 0.2) is 72.9 Å². The summed E-state index contributed by atoms with van der Waals surface area (Å²) in [5.41, 5.74) is 7.70. The molecular formula is C29H25N3O4. The topological polar surface area (TPSA) is 95.5 Å². The lowest BCUT2D eigenvalue weighted by Gasteiger charge is -2.27. The second-order valence-corrected chi connectivity index (χ2v) is 8.60. The number of ether oxygens (including phenoxy) is 1. The van der Waals surface area contributed by atoms with E-state index in [2.05, 4.69) is 29.3 Å². The third-order valence-electron chi connectivity index (χ3n) is 6.40. The maximum absolute atomic E-state index is 12.2. The van der Waals surface area contributed by atoms with Crippen molar-refractivity contribution in [2.24, 2.45) is 0 Å². The molecule has 7 heteroatoms. The summed E-state index contributed by atoms with van der Waals surface area (Å²) in [6, 6.07) is 20.0. The van der Waals surface area contributed by atoms with Crippen molar-refractivity contribution in [3.05, 3.63) is 95.2 Å². The number of nitrogens with zero attached hydrogens (tertiary/aromatic N) is 2. The van der Waals surface area contributed by atoms with Gasteiger partial charge in [-0.1, -0.05) is 43.3 Å². The van der Waals surface area contributed by atoms with E-state index in [0.29, 0.717) is 5.75 Å². The van der Waals surface area contributed by atoms with E-state index in [9.17, 15) is 9.59 Å². The van der Waals surface area contributed by atoms with Gasteiger partial charge in [-0.3, -0.25) is 9.89 Å². The van der Waals surface area contributed by atoms with Gasteiger partial charge in [0.25, 0.3) is 5.91 Å². The molecule has 2 heterocycles. The lowest BCUT2D eigenvalue weighted by molar-refractivity contribution is -0.131. The van der Waals surface area contributed by atoms with Gasteiger partial charge in [-0.25, -0.2) is 4.79 Å². The maximum Gasteiger partial charge on any atom is 0.328 e. The third kappa shape index (κ3) is 4.38. The van der Waals surface area contributed by atoms with Gasteiger partial charge in [0, 0.05) is 18.5 Å². The van der Waals surface area contributed by atoms with E-state index in [0.717, 1.165) is 62.5 Å². The number of carbonyl (C=O) groups excluding carboxylic acids is 1. The quantitative estimate of drug-likeness (QED) is 0.286. The number of H-pyrrole nitrogens is 1. The van der Waals surface area contributed by atoms with Gasteiger partial charge in [0.2, 0.25) is 0 Å². The zero-order valence-electron chi connectivity index (χ0n) is 20.0. The normalized spacial score (nSPS) is 14.1. The van der Waals surface area contributed by atoms with Crippen LogP contribution in [0.4, 0.5) is 5.69 Å². The van der Waals surface area contributed by atoms with Crippen LogP contribution in [0.2, 0.25) is 0 Å². The lowest BCUT2D eigenvalue weighted by Crippen LogP contribution is -2.35. The average Bonchev–Trinajstić information content (AvgIpc) is 3.36. The largest absolute Gasteiger partial charge is 0.482 e. The average molecular weight is 480 g/mol. The Balaban J connectivity index is 1.69. The molecule has 180 valence electrons. The molecule has 0 radical (unpaired) electrons. The molecule has 1 aromatic heterocycles. The van der Waals surface area contributed by atoms with Crippen LogP contribution in [0.5, 0.6) is 5.75 Å². The van der Waals surface area contributed by atoms with Gasteiger partial charge >= 0.3 is 5.97 Å². The molecule has 5 rings (SSSR count). The number of aromatic amines is 1. The standard InChI is InChI=1S/C29H25N3O4/c1-3-23(20-10-12-26-25(15-20)32(2)27(33)17-36-26)29(21-9-11-24-22(14-21)16-30-31-24)19-7-4-18(5-8-19)6-13-28(34)35/h4-16H,3,17H2,1-2H3,(H,30,31)(H,34,35). The minimum Gasteiger partial charge on any atom is -0.482 e. The van der Waals surface area contributed by atoms with Gasteiger partial charge in [-0.05, 0) is 70.2 Å². The van der Waals surface area contributed by atoms with Crippen molar-refractivity contribution in [1.29, 1.82) is 0 Å². The number of allylic oxidation sites excluding steroid dienone is 1. The summed E-state index contributed by atoms with van der Waals surface area (Å²) in [7, 11) is 1.76. The van der Waals surface area contributed by atoms with E-state index in [-0.39, 0.29) is 12.5 Å². The van der Waals surface area contributed by atoms with Gasteiger partial charge in [0.05, 0.1) is 17.4 Å². The Morgan fingerprint density at radius 3 is 2.58 bits per heavy atom. The number of likely N-dealkylation sites (N-methyl/N-ethyl adjacent to an activating group) is 1. The van der Waals surface area contributed by atoms with E-state index in [1.807, 2.05) is 48.5 Å². The molecule has 0 fully saturated rings. The number of benzene rings is 3. The molecule has 0 unspecified atom stereocenters. The number of hydrogen-bond donors (Lipinski definition) is 2. The smallest absolute Gasteiger partial charge is 0.328 e. The molecular weight excluding hydrogens is 454 g/mol. The monoisotopic (exact) mass is 479 g/mol. The molecule has 2 N–H and O–H groups in total. The molecule has 0 spiro atoms. The highest BCUT2D eigenvalue weighted by Gasteiger charge is 2.23. The first-order valence-corrected chi connectivity index (χ1v) is 11.7. The fraction of sp³-hybridized carbons (Fsp3) is 0.138. The maximum atomic E-state index is 12.2. The van der Waals surface area contributed by atoms with Crippen molar-refractivity contribution < 1.29 is 19.4 Å².